The number of halogens is 1. The van der Waals surface area contributed by atoms with Gasteiger partial charge in [-0.2, -0.15) is 0 Å². The Bertz CT molecular complexity index is 542. The van der Waals surface area contributed by atoms with Crippen LogP contribution in [-0.2, 0) is 0 Å². The molecule has 18 heavy (non-hydrogen) atoms. The Labute approximate surface area is 119 Å². The van der Waals surface area contributed by atoms with E-state index in [9.17, 15) is 0 Å². The van der Waals surface area contributed by atoms with Crippen LogP contribution in [0.15, 0.2) is 34.1 Å². The van der Waals surface area contributed by atoms with Gasteiger partial charge in [-0.3, -0.25) is 5.84 Å². The van der Waals surface area contributed by atoms with Crippen molar-refractivity contribution in [3.63, 3.8) is 0 Å². The second-order valence-corrected chi connectivity index (χ2v) is 5.76. The predicted molar refractivity (Wildman–Crippen MR) is 78.9 cm³/mol. The zero-order chi connectivity index (χ0) is 13.1. The minimum Gasteiger partial charge on any atom is -0.497 e. The Kier molecular flexibility index (Phi) is 4.40. The van der Waals surface area contributed by atoms with Crippen LogP contribution >= 0.6 is 27.3 Å². The first-order chi connectivity index (χ1) is 8.67. The van der Waals surface area contributed by atoms with Gasteiger partial charge in [0.1, 0.15) is 5.75 Å². The highest BCUT2D eigenvalue weighted by Gasteiger charge is 2.18. The molecule has 0 spiro atoms. The monoisotopic (exact) mass is 326 g/mol. The van der Waals surface area contributed by atoms with Crippen molar-refractivity contribution in [2.75, 3.05) is 7.11 Å². The molecule has 0 saturated heterocycles. The molecule has 2 aromatic rings. The lowest BCUT2D eigenvalue weighted by Gasteiger charge is -2.18. The third kappa shape index (κ3) is 2.59. The molecular formula is C13H15BrN2OS. The maximum Gasteiger partial charge on any atom is 0.119 e. The number of aryl methyl sites for hydroxylation is 1. The first-order valence-electron chi connectivity index (χ1n) is 5.51. The topological polar surface area (TPSA) is 47.3 Å². The Balaban J connectivity index is 2.42. The van der Waals surface area contributed by atoms with Crippen LogP contribution in [0.25, 0.3) is 0 Å². The van der Waals surface area contributed by atoms with E-state index in [2.05, 4.69) is 28.3 Å². The van der Waals surface area contributed by atoms with Crippen LogP contribution in [0, 0.1) is 6.92 Å². The van der Waals surface area contributed by atoms with Gasteiger partial charge in [0.05, 0.1) is 13.2 Å². The van der Waals surface area contributed by atoms with Gasteiger partial charge in [-0.15, -0.1) is 11.3 Å². The molecule has 0 amide bonds. The van der Waals surface area contributed by atoms with Crippen molar-refractivity contribution in [3.8, 4) is 5.75 Å². The maximum atomic E-state index is 5.71. The number of nitrogens with one attached hydrogen (secondary N) is 1. The molecule has 0 radical (unpaired) electrons. The van der Waals surface area contributed by atoms with Crippen LogP contribution in [0.5, 0.6) is 5.75 Å². The molecule has 1 heterocycles. The Morgan fingerprint density at radius 3 is 2.67 bits per heavy atom. The zero-order valence-electron chi connectivity index (χ0n) is 10.2. The highest BCUT2D eigenvalue weighted by molar-refractivity contribution is 9.10. The molecule has 0 aliphatic rings. The molecule has 3 N–H and O–H groups in total. The predicted octanol–water partition coefficient (Wildman–Crippen LogP) is 3.38. The Hall–Kier alpha value is -0.880. The van der Waals surface area contributed by atoms with Crippen molar-refractivity contribution < 1.29 is 4.74 Å². The van der Waals surface area contributed by atoms with E-state index in [4.69, 9.17) is 10.6 Å². The number of nitrogens with two attached hydrogens (primary N) is 1. The van der Waals surface area contributed by atoms with Crippen molar-refractivity contribution in [2.45, 2.75) is 13.0 Å². The maximum absolute atomic E-state index is 5.71. The summed E-state index contributed by atoms with van der Waals surface area (Å²) in [6.07, 6.45) is 0. The summed E-state index contributed by atoms with van der Waals surface area (Å²) >= 11 is 5.22. The molecule has 1 aromatic heterocycles. The average Bonchev–Trinajstić information content (AvgIpc) is 2.78. The second-order valence-electron chi connectivity index (χ2n) is 3.95. The first kappa shape index (κ1) is 13.5. The molecule has 0 aliphatic heterocycles. The summed E-state index contributed by atoms with van der Waals surface area (Å²) in [6, 6.07) is 8.04. The van der Waals surface area contributed by atoms with Crippen LogP contribution in [-0.4, -0.2) is 7.11 Å². The van der Waals surface area contributed by atoms with Gasteiger partial charge in [-0.05, 0) is 57.6 Å². The number of hydrogen-bond donors (Lipinski definition) is 2. The summed E-state index contributed by atoms with van der Waals surface area (Å²) < 4.78 is 6.29. The Morgan fingerprint density at radius 2 is 2.17 bits per heavy atom. The fourth-order valence-corrected chi connectivity index (χ4v) is 3.60. The molecule has 1 atom stereocenters. The molecule has 0 fully saturated rings. The third-order valence-electron chi connectivity index (χ3n) is 2.86. The van der Waals surface area contributed by atoms with E-state index < -0.39 is 0 Å². The van der Waals surface area contributed by atoms with Crippen molar-refractivity contribution in [2.24, 2.45) is 5.84 Å². The van der Waals surface area contributed by atoms with Gasteiger partial charge in [0.15, 0.2) is 0 Å². The van der Waals surface area contributed by atoms with Gasteiger partial charge in [0, 0.05) is 9.35 Å². The van der Waals surface area contributed by atoms with Crippen LogP contribution in [0.2, 0.25) is 0 Å². The fourth-order valence-electron chi connectivity index (χ4n) is 1.92. The minimum atomic E-state index is -0.00900. The summed E-state index contributed by atoms with van der Waals surface area (Å²) in [6.45, 7) is 2.06. The number of ether oxygens (including phenoxy) is 1. The van der Waals surface area contributed by atoms with Crippen LogP contribution in [0.4, 0.5) is 0 Å². The van der Waals surface area contributed by atoms with Crippen molar-refractivity contribution in [1.29, 1.82) is 0 Å². The molecule has 1 aromatic carbocycles. The number of hydrogen-bond acceptors (Lipinski definition) is 4. The first-order valence-corrected chi connectivity index (χ1v) is 7.18. The SMILES string of the molecule is COc1ccc(C(NN)c2sccc2Br)c(C)c1. The Morgan fingerprint density at radius 1 is 1.39 bits per heavy atom. The lowest BCUT2D eigenvalue weighted by Crippen LogP contribution is -2.29. The molecule has 96 valence electrons. The van der Waals surface area contributed by atoms with Crippen LogP contribution in [0.3, 0.4) is 0 Å². The number of hydrazine groups is 1. The van der Waals surface area contributed by atoms with E-state index in [1.807, 2.05) is 29.6 Å². The summed E-state index contributed by atoms with van der Waals surface area (Å²) in [7, 11) is 1.67. The summed E-state index contributed by atoms with van der Waals surface area (Å²) in [4.78, 5) is 1.17. The van der Waals surface area contributed by atoms with E-state index in [0.29, 0.717) is 0 Å². The highest BCUT2D eigenvalue weighted by Crippen LogP contribution is 2.34. The molecule has 2 rings (SSSR count). The fraction of sp³-hybridized carbons (Fsp3) is 0.231. The minimum absolute atomic E-state index is 0.00900. The second kappa shape index (κ2) is 5.84. The highest BCUT2D eigenvalue weighted by atomic mass is 79.9. The van der Waals surface area contributed by atoms with Gasteiger partial charge in [0.25, 0.3) is 0 Å². The molecule has 0 aliphatic carbocycles. The van der Waals surface area contributed by atoms with Gasteiger partial charge >= 0.3 is 0 Å². The van der Waals surface area contributed by atoms with E-state index in [1.165, 1.54) is 4.88 Å². The van der Waals surface area contributed by atoms with E-state index in [0.717, 1.165) is 21.3 Å². The largest absolute Gasteiger partial charge is 0.497 e. The quantitative estimate of drug-likeness (QED) is 0.668. The summed E-state index contributed by atoms with van der Waals surface area (Å²) in [5.74, 6) is 6.57. The molecule has 1 unspecified atom stereocenters. The van der Waals surface area contributed by atoms with Gasteiger partial charge < -0.3 is 4.74 Å². The van der Waals surface area contributed by atoms with E-state index in [-0.39, 0.29) is 6.04 Å². The van der Waals surface area contributed by atoms with Gasteiger partial charge in [-0.25, -0.2) is 5.43 Å². The summed E-state index contributed by atoms with van der Waals surface area (Å²) in [5.41, 5.74) is 5.18. The lowest BCUT2D eigenvalue weighted by atomic mass is 10.0. The number of methoxy groups -OCH3 is 1. The molecular weight excluding hydrogens is 312 g/mol. The van der Waals surface area contributed by atoms with Crippen molar-refractivity contribution >= 4 is 27.3 Å². The van der Waals surface area contributed by atoms with Gasteiger partial charge in [-0.1, -0.05) is 6.07 Å². The van der Waals surface area contributed by atoms with Gasteiger partial charge in [0.2, 0.25) is 0 Å². The molecule has 0 bridgehead atoms. The smallest absolute Gasteiger partial charge is 0.119 e. The zero-order valence-corrected chi connectivity index (χ0v) is 12.6. The van der Waals surface area contributed by atoms with Crippen molar-refractivity contribution in [3.05, 3.63) is 50.1 Å². The lowest BCUT2D eigenvalue weighted by molar-refractivity contribution is 0.414. The standard InChI is InChI=1S/C13H15BrN2OS/c1-8-7-9(17-2)3-4-10(8)12(16-15)13-11(14)5-6-18-13/h3-7,12,16H,15H2,1-2H3. The third-order valence-corrected chi connectivity index (χ3v) is 4.80. The molecule has 3 nitrogen and oxygen atoms in total. The number of benzene rings is 1. The molecule has 5 heteroatoms. The van der Waals surface area contributed by atoms with Crippen LogP contribution in [0.1, 0.15) is 22.0 Å². The van der Waals surface area contributed by atoms with E-state index in [1.54, 1.807) is 18.4 Å². The van der Waals surface area contributed by atoms with E-state index >= 15 is 0 Å². The number of thiophene rings is 1. The molecule has 0 saturated carbocycles. The number of rotatable bonds is 4. The summed E-state index contributed by atoms with van der Waals surface area (Å²) in [5, 5.41) is 2.04. The van der Waals surface area contributed by atoms with Crippen molar-refractivity contribution in [1.82, 2.24) is 5.43 Å². The van der Waals surface area contributed by atoms with Crippen LogP contribution < -0.4 is 16.0 Å². The average molecular weight is 327 g/mol. The normalized spacial score (nSPS) is 12.4.